The minimum absolute atomic E-state index is 0.115. The summed E-state index contributed by atoms with van der Waals surface area (Å²) >= 11 is 0. The third-order valence-electron chi connectivity index (χ3n) is 3.81. The fourth-order valence-electron chi connectivity index (χ4n) is 2.72. The number of nitrogens with zero attached hydrogens (tertiary/aromatic N) is 4. The van der Waals surface area contributed by atoms with E-state index in [9.17, 15) is 4.79 Å². The Morgan fingerprint density at radius 1 is 1.00 bits per heavy atom. The Morgan fingerprint density at radius 3 is 2.62 bits per heavy atom. The van der Waals surface area contributed by atoms with Gasteiger partial charge in [0.15, 0.2) is 5.65 Å². The molecule has 0 saturated carbocycles. The maximum Gasteiger partial charge on any atom is 0.221 e. The minimum atomic E-state index is -0.115. The van der Waals surface area contributed by atoms with Crippen molar-refractivity contribution in [3.63, 3.8) is 0 Å². The SMILES string of the molecule is CC(=O)Nc1cccc(Nc2ncnc3c2cnn3-c2ccccc2)c1. The number of para-hydroxylation sites is 1. The van der Waals surface area contributed by atoms with Crippen molar-refractivity contribution in [2.45, 2.75) is 6.92 Å². The van der Waals surface area contributed by atoms with Crippen molar-refractivity contribution < 1.29 is 4.79 Å². The third kappa shape index (κ3) is 3.10. The molecule has 1 amide bonds. The molecule has 0 spiro atoms. The van der Waals surface area contributed by atoms with Crippen LogP contribution in [0.1, 0.15) is 6.92 Å². The van der Waals surface area contributed by atoms with Gasteiger partial charge in [-0.25, -0.2) is 14.6 Å². The number of hydrogen-bond donors (Lipinski definition) is 2. The minimum Gasteiger partial charge on any atom is -0.339 e. The van der Waals surface area contributed by atoms with Crippen molar-refractivity contribution in [2.24, 2.45) is 0 Å². The Balaban J connectivity index is 1.70. The lowest BCUT2D eigenvalue weighted by Gasteiger charge is -2.09. The molecule has 0 atom stereocenters. The van der Waals surface area contributed by atoms with Crippen LogP contribution in [0.3, 0.4) is 0 Å². The quantitative estimate of drug-likeness (QED) is 0.592. The highest BCUT2D eigenvalue weighted by Crippen LogP contribution is 2.25. The second-order valence-electron chi connectivity index (χ2n) is 5.74. The number of hydrogen-bond acceptors (Lipinski definition) is 5. The van der Waals surface area contributed by atoms with Gasteiger partial charge in [0.2, 0.25) is 5.91 Å². The van der Waals surface area contributed by atoms with Gasteiger partial charge >= 0.3 is 0 Å². The first-order valence-electron chi connectivity index (χ1n) is 8.09. The van der Waals surface area contributed by atoms with Crippen LogP contribution in [-0.4, -0.2) is 25.7 Å². The number of benzene rings is 2. The van der Waals surface area contributed by atoms with Crippen LogP contribution in [0.15, 0.2) is 67.1 Å². The van der Waals surface area contributed by atoms with Gasteiger partial charge in [-0.1, -0.05) is 24.3 Å². The standard InChI is InChI=1S/C19H16N6O/c1-13(26)23-14-6-5-7-15(10-14)24-18-17-11-22-25(19(17)21-12-20-18)16-8-3-2-4-9-16/h2-12H,1H3,(H,23,26)(H,20,21,24). The lowest BCUT2D eigenvalue weighted by Crippen LogP contribution is -2.06. The number of anilines is 3. The molecule has 0 aliphatic rings. The number of rotatable bonds is 4. The van der Waals surface area contributed by atoms with Crippen LogP contribution in [0.2, 0.25) is 0 Å². The summed E-state index contributed by atoms with van der Waals surface area (Å²) in [6, 6.07) is 17.2. The van der Waals surface area contributed by atoms with Crippen LogP contribution in [-0.2, 0) is 4.79 Å². The van der Waals surface area contributed by atoms with E-state index >= 15 is 0 Å². The number of aromatic nitrogens is 4. The molecule has 7 nitrogen and oxygen atoms in total. The lowest BCUT2D eigenvalue weighted by molar-refractivity contribution is -0.114. The summed E-state index contributed by atoms with van der Waals surface area (Å²) in [5.41, 5.74) is 3.17. The lowest BCUT2D eigenvalue weighted by atomic mass is 10.2. The molecule has 0 aliphatic heterocycles. The predicted octanol–water partition coefficient (Wildman–Crippen LogP) is 3.52. The van der Waals surface area contributed by atoms with E-state index in [1.165, 1.54) is 13.3 Å². The highest BCUT2D eigenvalue weighted by atomic mass is 16.1. The number of amides is 1. The molecular formula is C19H16N6O. The van der Waals surface area contributed by atoms with E-state index in [2.05, 4.69) is 25.7 Å². The van der Waals surface area contributed by atoms with Gasteiger partial charge in [0, 0.05) is 18.3 Å². The molecule has 2 aromatic carbocycles. The Bertz CT molecular complexity index is 1070. The summed E-state index contributed by atoms with van der Waals surface area (Å²) in [6.45, 7) is 1.48. The van der Waals surface area contributed by atoms with Gasteiger partial charge in [-0.3, -0.25) is 4.79 Å². The van der Waals surface area contributed by atoms with E-state index in [0.29, 0.717) is 17.2 Å². The first kappa shape index (κ1) is 15.8. The molecule has 2 heterocycles. The van der Waals surface area contributed by atoms with Crippen LogP contribution in [0.25, 0.3) is 16.7 Å². The van der Waals surface area contributed by atoms with Gasteiger partial charge in [-0.2, -0.15) is 5.10 Å². The Hall–Kier alpha value is -3.74. The molecule has 0 aliphatic carbocycles. The molecular weight excluding hydrogens is 328 g/mol. The zero-order valence-electron chi connectivity index (χ0n) is 14.0. The molecule has 0 unspecified atom stereocenters. The summed E-state index contributed by atoms with van der Waals surface area (Å²) in [5.74, 6) is 0.535. The molecule has 26 heavy (non-hydrogen) atoms. The largest absolute Gasteiger partial charge is 0.339 e. The zero-order chi connectivity index (χ0) is 17.9. The van der Waals surface area contributed by atoms with Crippen molar-refractivity contribution in [3.05, 3.63) is 67.1 Å². The average Bonchev–Trinajstić information content (AvgIpc) is 3.07. The smallest absolute Gasteiger partial charge is 0.221 e. The Labute approximate surface area is 149 Å². The van der Waals surface area contributed by atoms with Crippen LogP contribution < -0.4 is 10.6 Å². The van der Waals surface area contributed by atoms with Crippen molar-refractivity contribution in [2.75, 3.05) is 10.6 Å². The van der Waals surface area contributed by atoms with Gasteiger partial charge < -0.3 is 10.6 Å². The zero-order valence-corrected chi connectivity index (χ0v) is 14.0. The molecule has 2 aromatic heterocycles. The molecule has 128 valence electrons. The maximum atomic E-state index is 11.2. The Kier molecular flexibility index (Phi) is 4.03. The number of nitrogens with one attached hydrogen (secondary N) is 2. The third-order valence-corrected chi connectivity index (χ3v) is 3.81. The average molecular weight is 344 g/mol. The van der Waals surface area contributed by atoms with E-state index in [0.717, 1.165) is 16.8 Å². The Morgan fingerprint density at radius 2 is 1.81 bits per heavy atom. The molecule has 4 aromatic rings. The van der Waals surface area contributed by atoms with E-state index in [1.807, 2.05) is 54.6 Å². The van der Waals surface area contributed by atoms with E-state index < -0.39 is 0 Å². The summed E-state index contributed by atoms with van der Waals surface area (Å²) in [4.78, 5) is 19.9. The molecule has 0 radical (unpaired) electrons. The summed E-state index contributed by atoms with van der Waals surface area (Å²) in [6.07, 6.45) is 3.24. The summed E-state index contributed by atoms with van der Waals surface area (Å²) in [5, 5.41) is 11.3. The molecule has 0 bridgehead atoms. The highest BCUT2D eigenvalue weighted by molar-refractivity contribution is 5.91. The van der Waals surface area contributed by atoms with Crippen molar-refractivity contribution in [3.8, 4) is 5.69 Å². The first-order valence-corrected chi connectivity index (χ1v) is 8.09. The van der Waals surface area contributed by atoms with Crippen molar-refractivity contribution >= 4 is 34.1 Å². The topological polar surface area (TPSA) is 84.7 Å². The molecule has 7 heteroatoms. The first-order chi connectivity index (χ1) is 12.7. The fraction of sp³-hybridized carbons (Fsp3) is 0.0526. The van der Waals surface area contributed by atoms with Crippen LogP contribution >= 0.6 is 0 Å². The van der Waals surface area contributed by atoms with Gasteiger partial charge in [0.1, 0.15) is 12.1 Å². The second-order valence-corrected chi connectivity index (χ2v) is 5.74. The predicted molar refractivity (Wildman–Crippen MR) is 101 cm³/mol. The van der Waals surface area contributed by atoms with E-state index in [4.69, 9.17) is 0 Å². The molecule has 0 saturated heterocycles. The van der Waals surface area contributed by atoms with Crippen LogP contribution in [0.4, 0.5) is 17.2 Å². The fourth-order valence-corrected chi connectivity index (χ4v) is 2.72. The van der Waals surface area contributed by atoms with Gasteiger partial charge in [-0.05, 0) is 30.3 Å². The number of fused-ring (bicyclic) bond motifs is 1. The monoisotopic (exact) mass is 344 g/mol. The van der Waals surface area contributed by atoms with Crippen LogP contribution in [0.5, 0.6) is 0 Å². The highest BCUT2D eigenvalue weighted by Gasteiger charge is 2.11. The molecule has 4 rings (SSSR count). The van der Waals surface area contributed by atoms with E-state index in [-0.39, 0.29) is 5.91 Å². The molecule has 0 fully saturated rings. The normalized spacial score (nSPS) is 10.7. The number of carbonyl (C=O) groups excluding carboxylic acids is 1. The molecule has 2 N–H and O–H groups in total. The number of carbonyl (C=O) groups is 1. The van der Waals surface area contributed by atoms with E-state index in [1.54, 1.807) is 10.9 Å². The van der Waals surface area contributed by atoms with Crippen molar-refractivity contribution in [1.82, 2.24) is 19.7 Å². The second kappa shape index (κ2) is 6.64. The van der Waals surface area contributed by atoms with Gasteiger partial charge in [0.05, 0.1) is 17.3 Å². The van der Waals surface area contributed by atoms with Gasteiger partial charge in [0.25, 0.3) is 0 Å². The summed E-state index contributed by atoms with van der Waals surface area (Å²) in [7, 11) is 0. The van der Waals surface area contributed by atoms with Crippen molar-refractivity contribution in [1.29, 1.82) is 0 Å². The van der Waals surface area contributed by atoms with Gasteiger partial charge in [-0.15, -0.1) is 0 Å². The summed E-state index contributed by atoms with van der Waals surface area (Å²) < 4.78 is 1.77. The van der Waals surface area contributed by atoms with Crippen LogP contribution in [0, 0.1) is 0 Å². The maximum absolute atomic E-state index is 11.2.